The van der Waals surface area contributed by atoms with Crippen LogP contribution in [0.15, 0.2) is 60.8 Å². The Kier molecular flexibility index (Phi) is 6.64. The van der Waals surface area contributed by atoms with E-state index in [1.165, 1.54) is 12.1 Å². The van der Waals surface area contributed by atoms with E-state index in [4.69, 9.17) is 19.2 Å². The lowest BCUT2D eigenvalue weighted by molar-refractivity contribution is -0.239. The van der Waals surface area contributed by atoms with Crippen LogP contribution in [0, 0.1) is 11.2 Å². The van der Waals surface area contributed by atoms with E-state index in [0.29, 0.717) is 53.4 Å². The van der Waals surface area contributed by atoms with Gasteiger partial charge in [0.15, 0.2) is 5.82 Å². The van der Waals surface area contributed by atoms with Crippen LogP contribution in [0.3, 0.4) is 0 Å². The fourth-order valence-corrected chi connectivity index (χ4v) is 3.79. The lowest BCUT2D eigenvalue weighted by atomic mass is 9.94. The minimum absolute atomic E-state index is 0.0477. The van der Waals surface area contributed by atoms with E-state index in [9.17, 15) is 9.50 Å². The third-order valence-electron chi connectivity index (χ3n) is 5.85. The smallest absolute Gasteiger partial charge is 0.227 e. The predicted octanol–water partition coefficient (Wildman–Crippen LogP) is 4.47. The number of imidazole rings is 1. The molecule has 1 aliphatic heterocycles. The van der Waals surface area contributed by atoms with E-state index >= 15 is 0 Å². The molecule has 4 aromatic rings. The maximum Gasteiger partial charge on any atom is 0.227 e. The lowest BCUT2D eigenvalue weighted by Crippen LogP contribution is -2.39. The number of hydrogen-bond donors (Lipinski definition) is 3. The number of ether oxygens (including phenoxy) is 3. The summed E-state index contributed by atoms with van der Waals surface area (Å²) in [6, 6.07) is 15.3. The SMILES string of the molecule is COc1cccc(Nc2nccc(-c3[nH]c(C4OCC(C)(CO)CO4)nc3-c3ccc(F)cc3)n2)c1. The molecule has 0 radical (unpaired) electrons. The average Bonchev–Trinajstić information content (AvgIpc) is 3.35. The van der Waals surface area contributed by atoms with Gasteiger partial charge in [-0.1, -0.05) is 13.0 Å². The fraction of sp³-hybridized carbons (Fsp3) is 0.269. The van der Waals surface area contributed by atoms with Crippen molar-refractivity contribution in [1.82, 2.24) is 19.9 Å². The number of aromatic nitrogens is 4. The van der Waals surface area contributed by atoms with Gasteiger partial charge in [-0.3, -0.25) is 0 Å². The van der Waals surface area contributed by atoms with E-state index in [0.717, 1.165) is 5.69 Å². The number of benzene rings is 2. The summed E-state index contributed by atoms with van der Waals surface area (Å²) >= 11 is 0. The molecule has 0 unspecified atom stereocenters. The van der Waals surface area contributed by atoms with Crippen LogP contribution in [-0.2, 0) is 9.47 Å². The fourth-order valence-electron chi connectivity index (χ4n) is 3.79. The molecule has 0 spiro atoms. The van der Waals surface area contributed by atoms with E-state index in [1.54, 1.807) is 31.5 Å². The molecule has 0 atom stereocenters. The third-order valence-corrected chi connectivity index (χ3v) is 5.85. The monoisotopic (exact) mass is 491 g/mol. The zero-order valence-corrected chi connectivity index (χ0v) is 19.9. The van der Waals surface area contributed by atoms with Crippen molar-refractivity contribution in [2.24, 2.45) is 5.41 Å². The number of anilines is 2. The Morgan fingerprint density at radius 1 is 1.14 bits per heavy atom. The lowest BCUT2D eigenvalue weighted by Gasteiger charge is -2.35. The maximum atomic E-state index is 13.6. The Morgan fingerprint density at radius 2 is 1.92 bits per heavy atom. The number of rotatable bonds is 7. The zero-order valence-electron chi connectivity index (χ0n) is 19.9. The molecule has 36 heavy (non-hydrogen) atoms. The highest BCUT2D eigenvalue weighted by Crippen LogP contribution is 2.35. The van der Waals surface area contributed by atoms with Gasteiger partial charge in [-0.05, 0) is 42.5 Å². The van der Waals surface area contributed by atoms with Gasteiger partial charge in [0.2, 0.25) is 12.2 Å². The summed E-state index contributed by atoms with van der Waals surface area (Å²) in [6.45, 7) is 2.48. The number of H-pyrrole nitrogens is 1. The van der Waals surface area contributed by atoms with Gasteiger partial charge in [-0.2, -0.15) is 0 Å². The number of nitrogens with zero attached hydrogens (tertiary/aromatic N) is 3. The number of aliphatic hydroxyl groups is 1. The van der Waals surface area contributed by atoms with Crippen LogP contribution >= 0.6 is 0 Å². The number of aromatic amines is 1. The van der Waals surface area contributed by atoms with Gasteiger partial charge in [-0.25, -0.2) is 19.3 Å². The van der Waals surface area contributed by atoms with Gasteiger partial charge in [0.25, 0.3) is 0 Å². The van der Waals surface area contributed by atoms with Gasteiger partial charge in [-0.15, -0.1) is 0 Å². The summed E-state index contributed by atoms with van der Waals surface area (Å²) < 4.78 is 30.6. The summed E-state index contributed by atoms with van der Waals surface area (Å²) in [5.41, 5.74) is 2.75. The van der Waals surface area contributed by atoms with Gasteiger partial charge in [0, 0.05) is 28.9 Å². The number of methoxy groups -OCH3 is 1. The molecule has 3 N–H and O–H groups in total. The zero-order chi connectivity index (χ0) is 25.1. The first-order valence-electron chi connectivity index (χ1n) is 11.4. The Balaban J connectivity index is 1.49. The quantitative estimate of drug-likeness (QED) is 0.347. The van der Waals surface area contributed by atoms with Crippen molar-refractivity contribution < 1.29 is 23.7 Å². The first-order valence-corrected chi connectivity index (χ1v) is 11.4. The molecule has 10 heteroatoms. The number of aliphatic hydroxyl groups excluding tert-OH is 1. The van der Waals surface area contributed by atoms with Crippen molar-refractivity contribution in [1.29, 1.82) is 0 Å². The third kappa shape index (κ3) is 5.06. The Morgan fingerprint density at radius 3 is 2.64 bits per heavy atom. The largest absolute Gasteiger partial charge is 0.497 e. The second kappa shape index (κ2) is 10.0. The molecule has 186 valence electrons. The predicted molar refractivity (Wildman–Crippen MR) is 131 cm³/mol. The molecule has 1 saturated heterocycles. The van der Waals surface area contributed by atoms with Gasteiger partial charge >= 0.3 is 0 Å². The Hall–Kier alpha value is -3.86. The van der Waals surface area contributed by atoms with Crippen molar-refractivity contribution in [2.75, 3.05) is 32.2 Å². The van der Waals surface area contributed by atoms with Crippen LogP contribution in [0.25, 0.3) is 22.6 Å². The molecule has 0 saturated carbocycles. The maximum absolute atomic E-state index is 13.6. The van der Waals surface area contributed by atoms with E-state index in [2.05, 4.69) is 20.3 Å². The van der Waals surface area contributed by atoms with Crippen LogP contribution < -0.4 is 10.1 Å². The van der Waals surface area contributed by atoms with Gasteiger partial charge < -0.3 is 29.6 Å². The van der Waals surface area contributed by atoms with Crippen molar-refractivity contribution in [2.45, 2.75) is 13.2 Å². The summed E-state index contributed by atoms with van der Waals surface area (Å²) in [5, 5.41) is 12.8. The standard InChI is InChI=1S/C26H26FN5O4/c1-26(13-33)14-35-24(36-15-26)23-31-21(16-6-8-17(27)9-7-16)22(32-23)20-10-11-28-25(30-20)29-18-4-3-5-19(12-18)34-2/h3-12,24,33H,13-15H2,1-2H3,(H,31,32)(H,28,29,30). The summed E-state index contributed by atoms with van der Waals surface area (Å²) in [4.78, 5) is 17.0. The number of hydrogen-bond acceptors (Lipinski definition) is 8. The van der Waals surface area contributed by atoms with E-state index in [-0.39, 0.29) is 12.4 Å². The molecule has 3 heterocycles. The molecular formula is C26H26FN5O4. The van der Waals surface area contributed by atoms with Crippen LogP contribution in [0.2, 0.25) is 0 Å². The summed E-state index contributed by atoms with van der Waals surface area (Å²) in [5.74, 6) is 1.19. The highest BCUT2D eigenvalue weighted by atomic mass is 19.1. The molecule has 9 nitrogen and oxygen atoms in total. The highest BCUT2D eigenvalue weighted by molar-refractivity contribution is 5.77. The van der Waals surface area contributed by atoms with Crippen LogP contribution in [0.5, 0.6) is 5.75 Å². The van der Waals surface area contributed by atoms with Gasteiger partial charge in [0.05, 0.1) is 44.0 Å². The minimum Gasteiger partial charge on any atom is -0.497 e. The normalized spacial score (nSPS) is 19.7. The number of halogens is 1. The topological polar surface area (TPSA) is 114 Å². The molecular weight excluding hydrogens is 465 g/mol. The first-order chi connectivity index (χ1) is 17.5. The molecule has 1 fully saturated rings. The molecule has 0 bridgehead atoms. The van der Waals surface area contributed by atoms with Crippen molar-refractivity contribution in [3.8, 4) is 28.4 Å². The average molecular weight is 492 g/mol. The first kappa shape index (κ1) is 23.9. The molecule has 1 aliphatic rings. The second-order valence-electron chi connectivity index (χ2n) is 8.90. The Bertz CT molecular complexity index is 1340. The molecule has 0 aliphatic carbocycles. The van der Waals surface area contributed by atoms with Crippen molar-refractivity contribution in [3.63, 3.8) is 0 Å². The highest BCUT2D eigenvalue weighted by Gasteiger charge is 2.34. The van der Waals surface area contributed by atoms with E-state index in [1.807, 2.05) is 31.2 Å². The molecule has 2 aromatic carbocycles. The van der Waals surface area contributed by atoms with Crippen LogP contribution in [0.4, 0.5) is 16.0 Å². The van der Waals surface area contributed by atoms with E-state index < -0.39 is 11.7 Å². The number of nitrogens with one attached hydrogen (secondary N) is 2. The Labute approximate surface area is 207 Å². The molecule has 5 rings (SSSR count). The van der Waals surface area contributed by atoms with Gasteiger partial charge in [0.1, 0.15) is 11.6 Å². The van der Waals surface area contributed by atoms with Crippen molar-refractivity contribution in [3.05, 3.63) is 72.4 Å². The van der Waals surface area contributed by atoms with Crippen molar-refractivity contribution >= 4 is 11.6 Å². The molecule has 2 aromatic heterocycles. The van der Waals surface area contributed by atoms with Crippen LogP contribution in [-0.4, -0.2) is 52.0 Å². The second-order valence-corrected chi connectivity index (χ2v) is 8.90. The summed E-state index contributed by atoms with van der Waals surface area (Å²) in [6.07, 6.45) is 0.897. The minimum atomic E-state index is -0.742. The molecule has 0 amide bonds. The summed E-state index contributed by atoms with van der Waals surface area (Å²) in [7, 11) is 1.60. The van der Waals surface area contributed by atoms with Crippen LogP contribution in [0.1, 0.15) is 19.0 Å².